The molecule has 1 fully saturated rings. The molecule has 1 aliphatic heterocycles. The van der Waals surface area contributed by atoms with E-state index in [9.17, 15) is 22.8 Å². The number of hydrogen-bond donors (Lipinski definition) is 1. The van der Waals surface area contributed by atoms with Crippen LogP contribution >= 0.6 is 0 Å². The molecule has 1 heterocycles. The normalized spacial score (nSPS) is 14.5. The Kier molecular flexibility index (Phi) is 10.8. The van der Waals surface area contributed by atoms with E-state index in [0.29, 0.717) is 45.6 Å². The first kappa shape index (κ1) is 30.8. The molecule has 3 aromatic carbocycles. The van der Waals surface area contributed by atoms with Crippen LogP contribution in [0.2, 0.25) is 0 Å². The van der Waals surface area contributed by atoms with Crippen LogP contribution in [0.4, 0.5) is 23.7 Å². The first-order valence-electron chi connectivity index (χ1n) is 14.0. The molecule has 0 spiro atoms. The first-order chi connectivity index (χ1) is 20.2. The molecular formula is C33H36F3N3O3. The van der Waals surface area contributed by atoms with Crippen molar-refractivity contribution in [2.24, 2.45) is 5.92 Å². The van der Waals surface area contributed by atoms with Gasteiger partial charge in [0, 0.05) is 31.9 Å². The number of amides is 3. The Morgan fingerprint density at radius 3 is 2.31 bits per heavy atom. The van der Waals surface area contributed by atoms with Gasteiger partial charge in [-0.3, -0.25) is 4.79 Å². The summed E-state index contributed by atoms with van der Waals surface area (Å²) < 4.78 is 45.3. The summed E-state index contributed by atoms with van der Waals surface area (Å²) in [7, 11) is 0. The maximum atomic E-state index is 13.4. The number of carbonyl (C=O) groups is 2. The summed E-state index contributed by atoms with van der Waals surface area (Å²) in [4.78, 5) is 29.5. The Balaban J connectivity index is 1.36. The maximum absolute atomic E-state index is 13.4. The monoisotopic (exact) mass is 579 g/mol. The minimum absolute atomic E-state index is 0.00849. The van der Waals surface area contributed by atoms with Gasteiger partial charge in [-0.1, -0.05) is 78.4 Å². The van der Waals surface area contributed by atoms with E-state index in [2.05, 4.69) is 5.32 Å². The van der Waals surface area contributed by atoms with E-state index in [0.717, 1.165) is 28.8 Å². The van der Waals surface area contributed by atoms with Crippen molar-refractivity contribution in [3.63, 3.8) is 0 Å². The van der Waals surface area contributed by atoms with Crippen molar-refractivity contribution in [3.8, 4) is 0 Å². The fourth-order valence-corrected chi connectivity index (χ4v) is 4.97. The average Bonchev–Trinajstić information content (AvgIpc) is 2.98. The lowest BCUT2D eigenvalue weighted by molar-refractivity contribution is -0.138. The number of carbonyl (C=O) groups excluding carboxylic acids is 2. The molecule has 0 aromatic heterocycles. The van der Waals surface area contributed by atoms with Crippen LogP contribution in [0.3, 0.4) is 0 Å². The van der Waals surface area contributed by atoms with Crippen LogP contribution in [-0.4, -0.2) is 54.5 Å². The standard InChI is InChI=1S/C33H36F3N3O3/c1-25(19-26-9-4-2-5-10-26)21-39(32(41)37-30-14-8-13-29(20-30)33(34,35)36)22-27-15-17-38(18-16-27)31(40)24-42-23-28-11-6-3-7-12-28/h2-14,19-20,27H,15-18,21-24H2,1H3,(H,37,41)/b25-19+. The number of urea groups is 1. The molecule has 0 saturated carbocycles. The molecule has 0 unspecified atom stereocenters. The second-order valence-electron chi connectivity index (χ2n) is 10.6. The second kappa shape index (κ2) is 14.7. The van der Waals surface area contributed by atoms with Gasteiger partial charge in [-0.2, -0.15) is 13.2 Å². The zero-order chi connectivity index (χ0) is 30.0. The molecule has 0 aliphatic carbocycles. The number of benzene rings is 3. The van der Waals surface area contributed by atoms with Crippen molar-refractivity contribution in [1.29, 1.82) is 0 Å². The molecule has 4 rings (SSSR count). The molecule has 1 aliphatic rings. The summed E-state index contributed by atoms with van der Waals surface area (Å²) >= 11 is 0. The lowest BCUT2D eigenvalue weighted by Crippen LogP contribution is -2.45. The molecule has 1 saturated heterocycles. The third kappa shape index (κ3) is 9.48. The highest BCUT2D eigenvalue weighted by Crippen LogP contribution is 2.31. The Morgan fingerprint density at radius 1 is 0.976 bits per heavy atom. The van der Waals surface area contributed by atoms with Crippen molar-refractivity contribution in [2.75, 3.05) is 38.1 Å². The largest absolute Gasteiger partial charge is 0.416 e. The van der Waals surface area contributed by atoms with Crippen LogP contribution in [0.25, 0.3) is 6.08 Å². The molecular weight excluding hydrogens is 543 g/mol. The molecule has 1 N–H and O–H groups in total. The molecule has 9 heteroatoms. The van der Waals surface area contributed by atoms with Gasteiger partial charge in [0.1, 0.15) is 6.61 Å². The quantitative estimate of drug-likeness (QED) is 0.279. The molecule has 6 nitrogen and oxygen atoms in total. The summed E-state index contributed by atoms with van der Waals surface area (Å²) in [5, 5.41) is 2.66. The van der Waals surface area contributed by atoms with E-state index in [1.54, 1.807) is 9.80 Å². The number of halogens is 3. The van der Waals surface area contributed by atoms with Gasteiger partial charge in [0.2, 0.25) is 5.91 Å². The predicted molar refractivity (Wildman–Crippen MR) is 158 cm³/mol. The van der Waals surface area contributed by atoms with Crippen LogP contribution in [0.5, 0.6) is 0 Å². The van der Waals surface area contributed by atoms with Crippen LogP contribution in [0, 0.1) is 5.92 Å². The lowest BCUT2D eigenvalue weighted by Gasteiger charge is -2.35. The van der Waals surface area contributed by atoms with Gasteiger partial charge >= 0.3 is 12.2 Å². The van der Waals surface area contributed by atoms with Crippen LogP contribution in [0.15, 0.2) is 90.5 Å². The van der Waals surface area contributed by atoms with E-state index in [4.69, 9.17) is 4.74 Å². The number of nitrogens with one attached hydrogen (secondary N) is 1. The SMILES string of the molecule is C/C(=C\c1ccccc1)CN(CC1CCN(C(=O)COCc2ccccc2)CC1)C(=O)Nc1cccc(C(F)(F)F)c1. The van der Waals surface area contributed by atoms with Gasteiger partial charge in [-0.25, -0.2) is 4.79 Å². The van der Waals surface area contributed by atoms with Crippen molar-refractivity contribution >= 4 is 23.7 Å². The smallest absolute Gasteiger partial charge is 0.367 e. The van der Waals surface area contributed by atoms with Crippen LogP contribution < -0.4 is 5.32 Å². The number of hydrogen-bond acceptors (Lipinski definition) is 3. The number of piperidine rings is 1. The molecule has 0 radical (unpaired) electrons. The zero-order valence-corrected chi connectivity index (χ0v) is 23.6. The minimum Gasteiger partial charge on any atom is -0.367 e. The third-order valence-electron chi connectivity index (χ3n) is 7.16. The van der Waals surface area contributed by atoms with Gasteiger partial charge in [-0.05, 0) is 55.0 Å². The lowest BCUT2D eigenvalue weighted by atomic mass is 9.96. The molecule has 3 amide bonds. The maximum Gasteiger partial charge on any atom is 0.416 e. The highest BCUT2D eigenvalue weighted by Gasteiger charge is 2.31. The summed E-state index contributed by atoms with van der Waals surface area (Å²) in [6.07, 6.45) is -1.10. The van der Waals surface area contributed by atoms with Gasteiger partial charge in [0.25, 0.3) is 0 Å². The van der Waals surface area contributed by atoms with E-state index >= 15 is 0 Å². The molecule has 42 heavy (non-hydrogen) atoms. The topological polar surface area (TPSA) is 61.9 Å². The van der Waals surface area contributed by atoms with Gasteiger partial charge in [0.05, 0.1) is 12.2 Å². The zero-order valence-electron chi connectivity index (χ0n) is 23.6. The van der Waals surface area contributed by atoms with Crippen molar-refractivity contribution < 1.29 is 27.5 Å². The highest BCUT2D eigenvalue weighted by molar-refractivity contribution is 5.89. The van der Waals surface area contributed by atoms with Gasteiger partial charge in [-0.15, -0.1) is 0 Å². The van der Waals surface area contributed by atoms with Crippen molar-refractivity contribution in [3.05, 3.63) is 107 Å². The summed E-state index contributed by atoms with van der Waals surface area (Å²) in [6.45, 7) is 4.14. The first-order valence-corrected chi connectivity index (χ1v) is 14.0. The number of rotatable bonds is 10. The molecule has 3 aromatic rings. The number of ether oxygens (including phenoxy) is 1. The Hall–Kier alpha value is -4.11. The molecule has 222 valence electrons. The van der Waals surface area contributed by atoms with Crippen LogP contribution in [0.1, 0.15) is 36.5 Å². The predicted octanol–water partition coefficient (Wildman–Crippen LogP) is 7.10. The summed E-state index contributed by atoms with van der Waals surface area (Å²) in [6, 6.07) is 23.5. The second-order valence-corrected chi connectivity index (χ2v) is 10.6. The summed E-state index contributed by atoms with van der Waals surface area (Å²) in [5.74, 6) is 0.0706. The number of likely N-dealkylation sites (tertiary alicyclic amines) is 1. The van der Waals surface area contributed by atoms with E-state index in [1.165, 1.54) is 12.1 Å². The van der Waals surface area contributed by atoms with E-state index < -0.39 is 17.8 Å². The third-order valence-corrected chi connectivity index (χ3v) is 7.16. The van der Waals surface area contributed by atoms with E-state index in [1.807, 2.05) is 73.7 Å². The minimum atomic E-state index is -4.51. The van der Waals surface area contributed by atoms with Gasteiger partial charge in [0.15, 0.2) is 0 Å². The van der Waals surface area contributed by atoms with Crippen molar-refractivity contribution in [1.82, 2.24) is 9.80 Å². The number of anilines is 1. The fourth-order valence-electron chi connectivity index (χ4n) is 4.97. The number of alkyl halides is 3. The molecule has 0 atom stereocenters. The average molecular weight is 580 g/mol. The van der Waals surface area contributed by atoms with Crippen LogP contribution in [-0.2, 0) is 22.3 Å². The Morgan fingerprint density at radius 2 is 1.64 bits per heavy atom. The Labute approximate surface area is 244 Å². The van der Waals surface area contributed by atoms with E-state index in [-0.39, 0.29) is 24.1 Å². The molecule has 0 bridgehead atoms. The Bertz CT molecular complexity index is 1340. The van der Waals surface area contributed by atoms with Gasteiger partial charge < -0.3 is 19.9 Å². The number of nitrogens with zero attached hydrogens (tertiary/aromatic N) is 2. The van der Waals surface area contributed by atoms with Crippen molar-refractivity contribution in [2.45, 2.75) is 32.5 Å². The fraction of sp³-hybridized carbons (Fsp3) is 0.333. The highest BCUT2D eigenvalue weighted by atomic mass is 19.4. The summed E-state index contributed by atoms with van der Waals surface area (Å²) in [5.41, 5.74) is 2.19.